The Balaban J connectivity index is 1.62. The highest BCUT2D eigenvalue weighted by molar-refractivity contribution is 7.80. The summed E-state index contributed by atoms with van der Waals surface area (Å²) in [6.45, 7) is 0.766. The predicted octanol–water partition coefficient (Wildman–Crippen LogP) is 3.05. The number of nitrogens with zero attached hydrogens (tertiary/aromatic N) is 3. The summed E-state index contributed by atoms with van der Waals surface area (Å²) >= 11 is 6.88. The van der Waals surface area contributed by atoms with Gasteiger partial charge >= 0.3 is 0 Å². The molecule has 0 atom stereocenters. The molecule has 0 amide bonds. The van der Waals surface area contributed by atoms with E-state index in [0.29, 0.717) is 21.4 Å². The Bertz CT molecular complexity index is 813. The molecule has 0 fully saturated rings. The molecule has 0 bridgehead atoms. The number of hydrogen-bond donors (Lipinski definition) is 3. The third kappa shape index (κ3) is 4.55. The first-order chi connectivity index (χ1) is 12.3. The van der Waals surface area contributed by atoms with Crippen molar-refractivity contribution >= 4 is 52.8 Å². The van der Waals surface area contributed by atoms with Gasteiger partial charge in [-0.1, -0.05) is 12.2 Å². The van der Waals surface area contributed by atoms with Gasteiger partial charge in [-0.2, -0.15) is 0 Å². The van der Waals surface area contributed by atoms with Gasteiger partial charge in [-0.3, -0.25) is 4.99 Å². The minimum absolute atomic E-state index is 0.613. The van der Waals surface area contributed by atoms with Crippen LogP contribution in [0.15, 0.2) is 45.2 Å². The Morgan fingerprint density at radius 1 is 1.48 bits per heavy atom. The van der Waals surface area contributed by atoms with Gasteiger partial charge in [-0.05, 0) is 30.9 Å². The number of nitrogens with one attached hydrogen (secondary N) is 3. The van der Waals surface area contributed by atoms with E-state index in [0.717, 1.165) is 31.5 Å². The summed E-state index contributed by atoms with van der Waals surface area (Å²) in [5.41, 5.74) is 2.70. The molecule has 0 unspecified atom stereocenters. The minimum Gasteiger partial charge on any atom is -0.374 e. The van der Waals surface area contributed by atoms with Crippen molar-refractivity contribution in [3.05, 3.63) is 46.0 Å². The van der Waals surface area contributed by atoms with Crippen molar-refractivity contribution in [2.45, 2.75) is 19.3 Å². The van der Waals surface area contributed by atoms with Crippen molar-refractivity contribution in [3.63, 3.8) is 0 Å². The molecule has 3 N–H and O–H groups in total. The molecule has 25 heavy (non-hydrogen) atoms. The van der Waals surface area contributed by atoms with Crippen LogP contribution in [0.5, 0.6) is 0 Å². The lowest BCUT2D eigenvalue weighted by Crippen LogP contribution is -2.24. The van der Waals surface area contributed by atoms with Crippen LogP contribution >= 0.6 is 23.6 Å². The van der Waals surface area contributed by atoms with Crippen LogP contribution in [0.1, 0.15) is 30.0 Å². The fraction of sp³-hybridized carbons (Fsp3) is 0.235. The summed E-state index contributed by atoms with van der Waals surface area (Å²) in [5.74, 6) is 0.613. The normalized spacial score (nSPS) is 17.7. The molecule has 1 aromatic heterocycles. The van der Waals surface area contributed by atoms with E-state index in [-0.39, 0.29) is 0 Å². The van der Waals surface area contributed by atoms with Gasteiger partial charge in [0.1, 0.15) is 21.5 Å². The van der Waals surface area contributed by atoms with Crippen LogP contribution in [0.4, 0.5) is 0 Å². The van der Waals surface area contributed by atoms with Crippen LogP contribution in [-0.4, -0.2) is 35.2 Å². The van der Waals surface area contributed by atoms with Gasteiger partial charge in [0, 0.05) is 43.0 Å². The van der Waals surface area contributed by atoms with Crippen LogP contribution < -0.4 is 10.6 Å². The average Bonchev–Trinajstić information content (AvgIpc) is 3.14. The fourth-order valence-corrected chi connectivity index (χ4v) is 3.48. The van der Waals surface area contributed by atoms with E-state index in [1.54, 1.807) is 18.5 Å². The van der Waals surface area contributed by atoms with Gasteiger partial charge < -0.3 is 16.0 Å². The van der Waals surface area contributed by atoms with Gasteiger partial charge in [-0.15, -0.1) is 11.3 Å². The van der Waals surface area contributed by atoms with E-state index in [4.69, 9.17) is 17.6 Å². The first kappa shape index (κ1) is 17.4. The standard InChI is InChI=1S/C17H18N6S2/c18-9-13(15-20-6-2-7-21-15)17-23-14(11-25-17)16(24)22-8-4-12-3-1-5-19-10-12/h2,5-7,9-11,18,20H,1,3-4,8H2,(H,22,24)/b15-13-,18-9?. The number of hydrogen-bond acceptors (Lipinski definition) is 7. The summed E-state index contributed by atoms with van der Waals surface area (Å²) in [4.78, 5) is 13.6. The van der Waals surface area contributed by atoms with Crippen molar-refractivity contribution in [3.8, 4) is 0 Å². The summed E-state index contributed by atoms with van der Waals surface area (Å²) in [6, 6.07) is 0. The SMILES string of the molecule is N=C/C(=C1/N=CC=CN1)c1nc(C(=S)NCCC2=CN=CCC2)cs1. The summed E-state index contributed by atoms with van der Waals surface area (Å²) in [7, 11) is 0. The van der Waals surface area contributed by atoms with Gasteiger partial charge in [0.25, 0.3) is 0 Å². The van der Waals surface area contributed by atoms with E-state index in [9.17, 15) is 0 Å². The Hall–Kier alpha value is -2.45. The van der Waals surface area contributed by atoms with Crippen LogP contribution in [0.25, 0.3) is 5.57 Å². The molecule has 0 radical (unpaired) electrons. The zero-order valence-electron chi connectivity index (χ0n) is 13.5. The topological polar surface area (TPSA) is 85.5 Å². The van der Waals surface area contributed by atoms with Crippen molar-refractivity contribution < 1.29 is 0 Å². The Morgan fingerprint density at radius 3 is 3.12 bits per heavy atom. The number of allylic oxidation sites excluding steroid dienone is 2. The Kier molecular flexibility index (Phi) is 5.97. The first-order valence-electron chi connectivity index (χ1n) is 7.92. The highest BCUT2D eigenvalue weighted by Crippen LogP contribution is 2.22. The zero-order chi connectivity index (χ0) is 17.5. The molecule has 3 rings (SSSR count). The maximum Gasteiger partial charge on any atom is 0.141 e. The fourth-order valence-electron chi connectivity index (χ4n) is 2.37. The number of aromatic nitrogens is 1. The van der Waals surface area contributed by atoms with Crippen LogP contribution in [0, 0.1) is 5.41 Å². The highest BCUT2D eigenvalue weighted by atomic mass is 32.1. The van der Waals surface area contributed by atoms with Gasteiger partial charge in [0.05, 0.1) is 5.57 Å². The second-order valence-corrected chi connectivity index (χ2v) is 6.66. The highest BCUT2D eigenvalue weighted by Gasteiger charge is 2.13. The lowest BCUT2D eigenvalue weighted by molar-refractivity contribution is 0.810. The molecule has 6 nitrogen and oxygen atoms in total. The van der Waals surface area contributed by atoms with E-state index < -0.39 is 0 Å². The van der Waals surface area contributed by atoms with E-state index in [2.05, 4.69) is 25.6 Å². The van der Waals surface area contributed by atoms with Crippen LogP contribution in [0.3, 0.4) is 0 Å². The molecule has 2 aliphatic rings. The largest absolute Gasteiger partial charge is 0.374 e. The third-order valence-corrected chi connectivity index (χ3v) is 4.89. The second kappa shape index (κ2) is 8.59. The van der Waals surface area contributed by atoms with Gasteiger partial charge in [0.2, 0.25) is 0 Å². The molecule has 0 saturated heterocycles. The van der Waals surface area contributed by atoms with Crippen molar-refractivity contribution in [1.82, 2.24) is 15.6 Å². The Labute approximate surface area is 155 Å². The summed E-state index contributed by atoms with van der Waals surface area (Å²) < 4.78 is 0. The van der Waals surface area contributed by atoms with E-state index in [1.807, 2.05) is 17.8 Å². The number of thiocarbonyl (C=S) groups is 1. The molecule has 1 aromatic rings. The lowest BCUT2D eigenvalue weighted by atomic mass is 10.1. The molecule has 128 valence electrons. The summed E-state index contributed by atoms with van der Waals surface area (Å²) in [5, 5.41) is 16.6. The predicted molar refractivity (Wildman–Crippen MR) is 109 cm³/mol. The average molecular weight is 371 g/mol. The molecule has 8 heteroatoms. The quantitative estimate of drug-likeness (QED) is 0.531. The lowest BCUT2D eigenvalue weighted by Gasteiger charge is -2.10. The molecular weight excluding hydrogens is 352 g/mol. The van der Waals surface area contributed by atoms with Crippen molar-refractivity contribution in [1.29, 1.82) is 5.41 Å². The zero-order valence-corrected chi connectivity index (χ0v) is 15.2. The van der Waals surface area contributed by atoms with Gasteiger partial charge in [0.15, 0.2) is 0 Å². The first-order valence-corrected chi connectivity index (χ1v) is 9.21. The van der Waals surface area contributed by atoms with Gasteiger partial charge in [-0.25, -0.2) is 9.98 Å². The summed E-state index contributed by atoms with van der Waals surface area (Å²) in [6.07, 6.45) is 13.4. The molecule has 0 spiro atoms. The van der Waals surface area contributed by atoms with Crippen LogP contribution in [-0.2, 0) is 0 Å². The van der Waals surface area contributed by atoms with Crippen molar-refractivity contribution in [2.75, 3.05) is 6.54 Å². The molecule has 0 saturated carbocycles. The molecule has 0 aromatic carbocycles. The molecular formula is C17H18N6S2. The smallest absolute Gasteiger partial charge is 0.141 e. The van der Waals surface area contributed by atoms with E-state index in [1.165, 1.54) is 23.1 Å². The molecule has 2 aliphatic heterocycles. The van der Waals surface area contributed by atoms with Crippen molar-refractivity contribution in [2.24, 2.45) is 9.98 Å². The monoisotopic (exact) mass is 370 g/mol. The minimum atomic E-state index is 0.613. The second-order valence-electron chi connectivity index (χ2n) is 5.39. The van der Waals surface area contributed by atoms with Crippen LogP contribution in [0.2, 0.25) is 0 Å². The molecule has 0 aliphatic carbocycles. The number of rotatable bonds is 6. The van der Waals surface area contributed by atoms with E-state index >= 15 is 0 Å². The number of thiazole rings is 1. The third-order valence-electron chi connectivity index (χ3n) is 3.66. The Morgan fingerprint density at radius 2 is 2.40 bits per heavy atom. The number of aliphatic imine (C=N–C) groups is 2. The molecule has 3 heterocycles. The maximum atomic E-state index is 7.65. The maximum absolute atomic E-state index is 7.65.